The fourth-order valence-corrected chi connectivity index (χ4v) is 7.13. The quantitative estimate of drug-likeness (QED) is 0.297. The summed E-state index contributed by atoms with van der Waals surface area (Å²) in [6.45, 7) is 6.97. The van der Waals surface area contributed by atoms with Crippen molar-refractivity contribution in [2.75, 3.05) is 23.7 Å². The Morgan fingerprint density at radius 2 is 1.93 bits per heavy atom. The van der Waals surface area contributed by atoms with Gasteiger partial charge in [0.2, 0.25) is 5.95 Å². The van der Waals surface area contributed by atoms with Gasteiger partial charge in [0, 0.05) is 42.8 Å². The number of fused-ring (bicyclic) bond motifs is 2. The molecule has 1 atom stereocenters. The average molecular weight is 581 g/mol. The van der Waals surface area contributed by atoms with Gasteiger partial charge in [-0.25, -0.2) is 19.3 Å². The summed E-state index contributed by atoms with van der Waals surface area (Å²) in [6.07, 6.45) is 9.28. The number of ether oxygens (including phenoxy) is 1. The van der Waals surface area contributed by atoms with Gasteiger partial charge in [0.1, 0.15) is 17.2 Å². The molecule has 1 saturated heterocycles. The topological polar surface area (TPSA) is 98.6 Å². The van der Waals surface area contributed by atoms with Gasteiger partial charge in [-0.05, 0) is 74.8 Å². The summed E-state index contributed by atoms with van der Waals surface area (Å²) in [5, 5.41) is 0.402. The Hall–Kier alpha value is -3.37. The first-order chi connectivity index (χ1) is 19.0. The standard InChI is InChI=1S/C29H30ClFN6O2S/c1-28(2,3)39-26(38)22-19-14-18(31)5-4-17(19)15-29(22)7-11-36(12-8-29)27-35-16-21(25-34-10-13-37(25)27)40-20-6-9-33-24(32)23(20)30/h4-6,9-10,13-14,16,22H,7-8,11-12,15H2,1-3H3,(H2,32,33). The molecule has 4 heterocycles. The van der Waals surface area contributed by atoms with Crippen LogP contribution in [-0.4, -0.2) is 44.0 Å². The Morgan fingerprint density at radius 3 is 2.67 bits per heavy atom. The van der Waals surface area contributed by atoms with E-state index in [1.165, 1.54) is 23.9 Å². The number of imidazole rings is 1. The van der Waals surface area contributed by atoms with Crippen LogP contribution in [0.2, 0.25) is 5.02 Å². The molecule has 6 rings (SSSR count). The number of esters is 1. The fourth-order valence-electron chi connectivity index (χ4n) is 5.99. The summed E-state index contributed by atoms with van der Waals surface area (Å²) in [7, 11) is 0. The molecule has 8 nitrogen and oxygen atoms in total. The van der Waals surface area contributed by atoms with E-state index in [-0.39, 0.29) is 23.0 Å². The molecule has 1 fully saturated rings. The third kappa shape index (κ3) is 4.77. The Kier molecular flexibility index (Phi) is 6.65. The highest BCUT2D eigenvalue weighted by Crippen LogP contribution is 2.54. The molecule has 40 heavy (non-hydrogen) atoms. The lowest BCUT2D eigenvalue weighted by atomic mass is 9.69. The highest BCUT2D eigenvalue weighted by molar-refractivity contribution is 7.99. The second-order valence-electron chi connectivity index (χ2n) is 11.5. The van der Waals surface area contributed by atoms with Gasteiger partial charge in [-0.1, -0.05) is 29.4 Å². The molecular weight excluding hydrogens is 551 g/mol. The monoisotopic (exact) mass is 580 g/mol. The molecule has 0 saturated carbocycles. The van der Waals surface area contributed by atoms with Crippen molar-refractivity contribution in [3.63, 3.8) is 0 Å². The van der Waals surface area contributed by atoms with E-state index in [2.05, 4.69) is 14.9 Å². The van der Waals surface area contributed by atoms with Crippen molar-refractivity contribution in [2.24, 2.45) is 5.41 Å². The number of nitrogens with zero attached hydrogens (tertiary/aromatic N) is 5. The van der Waals surface area contributed by atoms with Crippen molar-refractivity contribution in [1.82, 2.24) is 19.4 Å². The first kappa shape index (κ1) is 26.8. The summed E-state index contributed by atoms with van der Waals surface area (Å²) >= 11 is 7.81. The summed E-state index contributed by atoms with van der Waals surface area (Å²) in [5.41, 5.74) is 7.47. The third-order valence-corrected chi connectivity index (χ3v) is 9.31. The molecule has 1 aliphatic heterocycles. The second-order valence-corrected chi connectivity index (χ2v) is 13.0. The minimum absolute atomic E-state index is 0.277. The van der Waals surface area contributed by atoms with Crippen LogP contribution < -0.4 is 10.6 Å². The zero-order valence-electron chi connectivity index (χ0n) is 22.5. The van der Waals surface area contributed by atoms with Crippen molar-refractivity contribution in [3.8, 4) is 0 Å². The molecule has 0 radical (unpaired) electrons. The first-order valence-electron chi connectivity index (χ1n) is 13.2. The van der Waals surface area contributed by atoms with E-state index in [9.17, 15) is 9.18 Å². The highest BCUT2D eigenvalue weighted by atomic mass is 35.5. The van der Waals surface area contributed by atoms with Crippen LogP contribution in [0.3, 0.4) is 0 Å². The van der Waals surface area contributed by atoms with Crippen LogP contribution >= 0.6 is 23.4 Å². The molecule has 3 aromatic heterocycles. The smallest absolute Gasteiger partial charge is 0.314 e. The van der Waals surface area contributed by atoms with Gasteiger partial charge in [0.15, 0.2) is 5.65 Å². The van der Waals surface area contributed by atoms with E-state index in [0.717, 1.165) is 51.8 Å². The molecule has 1 spiro atoms. The van der Waals surface area contributed by atoms with E-state index in [1.807, 2.05) is 43.5 Å². The van der Waals surface area contributed by atoms with Crippen molar-refractivity contribution in [3.05, 3.63) is 71.0 Å². The number of rotatable bonds is 4. The number of anilines is 2. The Morgan fingerprint density at radius 1 is 1.15 bits per heavy atom. The number of nitrogens with two attached hydrogens (primary N) is 1. The molecule has 1 aromatic carbocycles. The number of halogens is 2. The van der Waals surface area contributed by atoms with Crippen LogP contribution in [0.5, 0.6) is 0 Å². The minimum Gasteiger partial charge on any atom is -0.459 e. The number of nitrogen functional groups attached to an aromatic ring is 1. The van der Waals surface area contributed by atoms with Gasteiger partial charge in [0.05, 0.1) is 15.8 Å². The summed E-state index contributed by atoms with van der Waals surface area (Å²) in [6, 6.07) is 6.62. The van der Waals surface area contributed by atoms with E-state index in [1.54, 1.807) is 18.6 Å². The van der Waals surface area contributed by atoms with Gasteiger partial charge in [-0.3, -0.25) is 9.20 Å². The number of pyridine rings is 1. The second kappa shape index (κ2) is 9.92. The maximum atomic E-state index is 14.3. The van der Waals surface area contributed by atoms with Crippen molar-refractivity contribution < 1.29 is 13.9 Å². The van der Waals surface area contributed by atoms with Crippen molar-refractivity contribution in [2.45, 2.75) is 61.3 Å². The molecule has 2 aliphatic rings. The number of aromatic nitrogens is 4. The summed E-state index contributed by atoms with van der Waals surface area (Å²) in [4.78, 5) is 30.8. The van der Waals surface area contributed by atoms with Crippen LogP contribution in [0, 0.1) is 11.2 Å². The van der Waals surface area contributed by atoms with Gasteiger partial charge in [-0.15, -0.1) is 0 Å². The van der Waals surface area contributed by atoms with E-state index >= 15 is 0 Å². The Labute approximate surface area is 241 Å². The summed E-state index contributed by atoms with van der Waals surface area (Å²) < 4.78 is 22.1. The molecule has 1 unspecified atom stereocenters. The van der Waals surface area contributed by atoms with Crippen molar-refractivity contribution >= 4 is 46.7 Å². The molecule has 1 aliphatic carbocycles. The molecule has 4 aromatic rings. The third-order valence-electron chi connectivity index (χ3n) is 7.73. The predicted molar refractivity (Wildman–Crippen MR) is 153 cm³/mol. The maximum absolute atomic E-state index is 14.3. The van der Waals surface area contributed by atoms with Crippen LogP contribution in [0.25, 0.3) is 5.65 Å². The number of hydrogen-bond acceptors (Lipinski definition) is 8. The lowest BCUT2D eigenvalue weighted by Crippen LogP contribution is -2.45. The first-order valence-corrected chi connectivity index (χ1v) is 14.4. The lowest BCUT2D eigenvalue weighted by molar-refractivity contribution is -0.160. The molecule has 0 bridgehead atoms. The maximum Gasteiger partial charge on any atom is 0.314 e. The number of carbonyl (C=O) groups excluding carboxylic acids is 1. The zero-order chi connectivity index (χ0) is 28.2. The van der Waals surface area contributed by atoms with Gasteiger partial charge in [0.25, 0.3) is 0 Å². The molecule has 0 amide bonds. The molecule has 208 valence electrons. The van der Waals surface area contributed by atoms with Crippen LogP contribution in [0.1, 0.15) is 50.7 Å². The number of benzene rings is 1. The fraction of sp³-hybridized carbons (Fsp3) is 0.379. The van der Waals surface area contributed by atoms with E-state index in [0.29, 0.717) is 18.1 Å². The molecule has 2 N–H and O–H groups in total. The predicted octanol–water partition coefficient (Wildman–Crippen LogP) is 5.92. The molecular formula is C29H30ClFN6O2S. The lowest BCUT2D eigenvalue weighted by Gasteiger charge is -2.43. The molecule has 11 heteroatoms. The minimum atomic E-state index is -0.627. The van der Waals surface area contributed by atoms with E-state index < -0.39 is 11.5 Å². The summed E-state index contributed by atoms with van der Waals surface area (Å²) in [5.74, 6) is -0.0571. The number of carbonyl (C=O) groups is 1. The van der Waals surface area contributed by atoms with Crippen LogP contribution in [0.15, 0.2) is 58.8 Å². The van der Waals surface area contributed by atoms with Gasteiger partial charge >= 0.3 is 5.97 Å². The van der Waals surface area contributed by atoms with E-state index in [4.69, 9.17) is 27.1 Å². The van der Waals surface area contributed by atoms with Crippen LogP contribution in [-0.2, 0) is 16.0 Å². The largest absolute Gasteiger partial charge is 0.459 e. The number of piperidine rings is 1. The SMILES string of the molecule is CC(C)(C)OC(=O)C1c2cc(F)ccc2CC12CCN(c1ncc(Sc3ccnc(N)c3Cl)c3nccn13)CC2. The van der Waals surface area contributed by atoms with Crippen LogP contribution in [0.4, 0.5) is 16.2 Å². The van der Waals surface area contributed by atoms with Gasteiger partial charge in [-0.2, -0.15) is 0 Å². The number of hydrogen-bond donors (Lipinski definition) is 1. The van der Waals surface area contributed by atoms with Gasteiger partial charge < -0.3 is 15.4 Å². The highest BCUT2D eigenvalue weighted by Gasteiger charge is 2.52. The Balaban J connectivity index is 1.27. The normalized spacial score (nSPS) is 18.3. The zero-order valence-corrected chi connectivity index (χ0v) is 24.1. The average Bonchev–Trinajstić information content (AvgIpc) is 3.50. The van der Waals surface area contributed by atoms with Crippen molar-refractivity contribution in [1.29, 1.82) is 0 Å². The Bertz CT molecular complexity index is 1610.